The SMILES string of the molecule is C=CC(Oc1ccccc1)c1ccc(COc2ccc(C(C)Cl)cc2)cc1. The largest absolute Gasteiger partial charge is 0.489 e. The van der Waals surface area contributed by atoms with Crippen LogP contribution in [0.1, 0.15) is 35.1 Å². The zero-order valence-corrected chi connectivity index (χ0v) is 16.1. The van der Waals surface area contributed by atoms with Gasteiger partial charge in [-0.2, -0.15) is 0 Å². The lowest BCUT2D eigenvalue weighted by Gasteiger charge is -2.16. The van der Waals surface area contributed by atoms with Gasteiger partial charge in [-0.3, -0.25) is 0 Å². The summed E-state index contributed by atoms with van der Waals surface area (Å²) in [4.78, 5) is 0. The Morgan fingerprint density at radius 2 is 1.48 bits per heavy atom. The summed E-state index contributed by atoms with van der Waals surface area (Å²) < 4.78 is 11.8. The predicted octanol–water partition coefficient (Wildman–Crippen LogP) is 6.87. The summed E-state index contributed by atoms with van der Waals surface area (Å²) in [5.74, 6) is 1.65. The van der Waals surface area contributed by atoms with Gasteiger partial charge in [0.25, 0.3) is 0 Å². The smallest absolute Gasteiger partial charge is 0.142 e. The molecule has 0 aliphatic heterocycles. The van der Waals surface area contributed by atoms with Crippen LogP contribution in [0.3, 0.4) is 0 Å². The van der Waals surface area contributed by atoms with Crippen molar-refractivity contribution >= 4 is 11.6 Å². The second-order valence-electron chi connectivity index (χ2n) is 6.30. The van der Waals surface area contributed by atoms with E-state index in [0.717, 1.165) is 28.2 Å². The molecular formula is C24H23ClO2. The van der Waals surface area contributed by atoms with E-state index in [9.17, 15) is 0 Å². The highest BCUT2D eigenvalue weighted by molar-refractivity contribution is 6.20. The van der Waals surface area contributed by atoms with Gasteiger partial charge in [-0.05, 0) is 54.0 Å². The molecule has 0 bridgehead atoms. The van der Waals surface area contributed by atoms with Crippen molar-refractivity contribution in [1.29, 1.82) is 0 Å². The molecule has 0 fully saturated rings. The normalized spacial score (nSPS) is 12.8. The van der Waals surface area contributed by atoms with E-state index in [1.165, 1.54) is 0 Å². The Labute approximate surface area is 166 Å². The van der Waals surface area contributed by atoms with Gasteiger partial charge in [0, 0.05) is 0 Å². The highest BCUT2D eigenvalue weighted by atomic mass is 35.5. The molecule has 27 heavy (non-hydrogen) atoms. The first-order chi connectivity index (χ1) is 13.2. The highest BCUT2D eigenvalue weighted by Gasteiger charge is 2.09. The molecule has 3 rings (SSSR count). The van der Waals surface area contributed by atoms with Crippen molar-refractivity contribution in [3.8, 4) is 11.5 Å². The molecule has 0 spiro atoms. The van der Waals surface area contributed by atoms with E-state index in [2.05, 4.69) is 18.7 Å². The molecule has 0 saturated carbocycles. The predicted molar refractivity (Wildman–Crippen MR) is 111 cm³/mol. The Kier molecular flexibility index (Phi) is 6.56. The third-order valence-electron chi connectivity index (χ3n) is 4.27. The summed E-state index contributed by atoms with van der Waals surface area (Å²) in [6, 6.07) is 25.8. The molecule has 0 aliphatic rings. The molecule has 0 aliphatic carbocycles. The number of ether oxygens (including phenoxy) is 2. The summed E-state index contributed by atoms with van der Waals surface area (Å²) in [7, 11) is 0. The van der Waals surface area contributed by atoms with Crippen LogP contribution in [0.25, 0.3) is 0 Å². The van der Waals surface area contributed by atoms with Gasteiger partial charge in [0.2, 0.25) is 0 Å². The molecule has 2 unspecified atom stereocenters. The van der Waals surface area contributed by atoms with Gasteiger partial charge in [-0.1, -0.05) is 61.2 Å². The minimum Gasteiger partial charge on any atom is -0.489 e. The molecule has 0 radical (unpaired) electrons. The van der Waals surface area contributed by atoms with E-state index in [4.69, 9.17) is 21.1 Å². The van der Waals surface area contributed by atoms with Crippen LogP contribution in [0.2, 0.25) is 0 Å². The Morgan fingerprint density at radius 3 is 2.07 bits per heavy atom. The van der Waals surface area contributed by atoms with Gasteiger partial charge in [0.15, 0.2) is 0 Å². The lowest BCUT2D eigenvalue weighted by Crippen LogP contribution is -2.05. The first kappa shape index (κ1) is 19.1. The molecule has 3 aromatic rings. The summed E-state index contributed by atoms with van der Waals surface area (Å²) >= 11 is 6.07. The molecular weight excluding hydrogens is 356 g/mol. The maximum absolute atomic E-state index is 6.07. The third-order valence-corrected chi connectivity index (χ3v) is 4.53. The second-order valence-corrected chi connectivity index (χ2v) is 6.96. The van der Waals surface area contributed by atoms with Crippen LogP contribution in [-0.2, 0) is 6.61 Å². The first-order valence-electron chi connectivity index (χ1n) is 8.95. The Bertz CT molecular complexity index is 840. The van der Waals surface area contributed by atoms with Gasteiger partial charge >= 0.3 is 0 Å². The van der Waals surface area contributed by atoms with Crippen LogP contribution in [0, 0.1) is 0 Å². The molecule has 0 N–H and O–H groups in total. The molecule has 2 atom stereocenters. The van der Waals surface area contributed by atoms with E-state index in [-0.39, 0.29) is 11.5 Å². The fraction of sp³-hybridized carbons (Fsp3) is 0.167. The average molecular weight is 379 g/mol. The van der Waals surface area contributed by atoms with Crippen molar-refractivity contribution in [2.24, 2.45) is 0 Å². The van der Waals surface area contributed by atoms with E-state index < -0.39 is 0 Å². The molecule has 0 aromatic heterocycles. The van der Waals surface area contributed by atoms with Crippen LogP contribution >= 0.6 is 11.6 Å². The standard InChI is InChI=1S/C24H23ClO2/c1-3-24(27-23-7-5-4-6-8-23)21-11-9-19(10-12-21)17-26-22-15-13-20(14-16-22)18(2)25/h3-16,18,24H,1,17H2,2H3. The molecule has 0 amide bonds. The number of hydrogen-bond donors (Lipinski definition) is 0. The van der Waals surface area contributed by atoms with Crippen LogP contribution in [0.4, 0.5) is 0 Å². The number of para-hydroxylation sites is 1. The van der Waals surface area contributed by atoms with Gasteiger partial charge in [-0.25, -0.2) is 0 Å². The van der Waals surface area contributed by atoms with Crippen LogP contribution in [-0.4, -0.2) is 0 Å². The monoisotopic (exact) mass is 378 g/mol. The van der Waals surface area contributed by atoms with Crippen molar-refractivity contribution in [3.63, 3.8) is 0 Å². The topological polar surface area (TPSA) is 18.5 Å². The minimum atomic E-state index is -0.188. The number of alkyl halides is 1. The molecule has 2 nitrogen and oxygen atoms in total. The maximum Gasteiger partial charge on any atom is 0.142 e. The summed E-state index contributed by atoms with van der Waals surface area (Å²) in [5.41, 5.74) is 3.23. The fourth-order valence-corrected chi connectivity index (χ4v) is 2.84. The summed E-state index contributed by atoms with van der Waals surface area (Å²) in [5, 5.41) is 0.00232. The first-order valence-corrected chi connectivity index (χ1v) is 9.39. The Hall–Kier alpha value is -2.71. The van der Waals surface area contributed by atoms with Crippen LogP contribution in [0.15, 0.2) is 91.5 Å². The number of benzene rings is 3. The quantitative estimate of drug-likeness (QED) is 0.314. The van der Waals surface area contributed by atoms with Crippen molar-refractivity contribution < 1.29 is 9.47 Å². The average Bonchev–Trinajstić information content (AvgIpc) is 2.72. The zero-order valence-electron chi connectivity index (χ0n) is 15.3. The van der Waals surface area contributed by atoms with E-state index in [1.54, 1.807) is 6.08 Å². The van der Waals surface area contributed by atoms with Gasteiger partial charge < -0.3 is 9.47 Å². The lowest BCUT2D eigenvalue weighted by atomic mass is 10.1. The van der Waals surface area contributed by atoms with Gasteiger partial charge in [0.1, 0.15) is 24.2 Å². The number of halogens is 1. The lowest BCUT2D eigenvalue weighted by molar-refractivity contribution is 0.255. The fourth-order valence-electron chi connectivity index (χ4n) is 2.70. The van der Waals surface area contributed by atoms with Gasteiger partial charge in [-0.15, -0.1) is 11.6 Å². The van der Waals surface area contributed by atoms with Gasteiger partial charge in [0.05, 0.1) is 5.38 Å². The van der Waals surface area contributed by atoms with Crippen LogP contribution < -0.4 is 9.47 Å². The number of rotatable bonds is 8. The molecule has 0 saturated heterocycles. The molecule has 3 heteroatoms. The molecule has 138 valence electrons. The summed E-state index contributed by atoms with van der Waals surface area (Å²) in [6.07, 6.45) is 1.62. The minimum absolute atomic E-state index is 0.00232. The summed E-state index contributed by atoms with van der Waals surface area (Å²) in [6.45, 7) is 6.36. The Morgan fingerprint density at radius 1 is 0.852 bits per heavy atom. The highest BCUT2D eigenvalue weighted by Crippen LogP contribution is 2.24. The maximum atomic E-state index is 6.07. The van der Waals surface area contributed by atoms with Crippen molar-refractivity contribution in [2.75, 3.05) is 0 Å². The van der Waals surface area contributed by atoms with E-state index in [0.29, 0.717) is 6.61 Å². The molecule has 0 heterocycles. The molecule has 3 aromatic carbocycles. The third kappa shape index (κ3) is 5.38. The number of hydrogen-bond acceptors (Lipinski definition) is 2. The van der Waals surface area contributed by atoms with Crippen LogP contribution in [0.5, 0.6) is 11.5 Å². The second kappa shape index (κ2) is 9.29. The Balaban J connectivity index is 1.59. The van der Waals surface area contributed by atoms with Crippen molar-refractivity contribution in [3.05, 3.63) is 108 Å². The zero-order chi connectivity index (χ0) is 19.1. The van der Waals surface area contributed by atoms with E-state index >= 15 is 0 Å². The van der Waals surface area contributed by atoms with E-state index in [1.807, 2.05) is 73.7 Å². The van der Waals surface area contributed by atoms with Crippen molar-refractivity contribution in [2.45, 2.75) is 25.0 Å². The van der Waals surface area contributed by atoms with Crippen molar-refractivity contribution in [1.82, 2.24) is 0 Å².